The van der Waals surface area contributed by atoms with E-state index in [1.165, 1.54) is 12.1 Å². The van der Waals surface area contributed by atoms with Crippen molar-refractivity contribution in [2.24, 2.45) is 0 Å². The normalized spacial score (nSPS) is 18.3. The number of H-pyrrole nitrogens is 1. The number of nitrogens with zero attached hydrogens (tertiary/aromatic N) is 3. The van der Waals surface area contributed by atoms with E-state index in [9.17, 15) is 14.0 Å². The third-order valence-corrected chi connectivity index (χ3v) is 6.29. The summed E-state index contributed by atoms with van der Waals surface area (Å²) >= 11 is 12.3. The molecule has 0 spiro atoms. The Balaban J connectivity index is 1.38. The number of fused-ring (bicyclic) bond motifs is 1. The first-order chi connectivity index (χ1) is 13.9. The van der Waals surface area contributed by atoms with Gasteiger partial charge in [-0.15, -0.1) is 0 Å². The molecule has 2 aliphatic heterocycles. The molecular weight excluding hydrogens is 422 g/mol. The predicted octanol–water partition coefficient (Wildman–Crippen LogP) is 2.23. The molecule has 0 saturated carbocycles. The topological polar surface area (TPSA) is 68.9 Å². The van der Waals surface area contributed by atoms with Gasteiger partial charge in [0.05, 0.1) is 22.7 Å². The molecule has 2 fully saturated rings. The zero-order valence-electron chi connectivity index (χ0n) is 15.9. The molecule has 29 heavy (non-hydrogen) atoms. The summed E-state index contributed by atoms with van der Waals surface area (Å²) in [6.07, 6.45) is 0.209. The highest BCUT2D eigenvalue weighted by atomic mass is 35.5. The molecule has 0 aliphatic carbocycles. The molecule has 0 bridgehead atoms. The Bertz CT molecular complexity index is 953. The highest BCUT2D eigenvalue weighted by Crippen LogP contribution is 2.35. The Kier molecular flexibility index (Phi) is 5.70. The Morgan fingerprint density at radius 3 is 2.45 bits per heavy atom. The summed E-state index contributed by atoms with van der Waals surface area (Å²) in [6.45, 7) is 3.62. The first-order valence-corrected chi connectivity index (χ1v) is 10.1. The fourth-order valence-corrected chi connectivity index (χ4v) is 4.37. The van der Waals surface area contributed by atoms with Gasteiger partial charge in [-0.05, 0) is 12.1 Å². The third kappa shape index (κ3) is 3.82. The van der Waals surface area contributed by atoms with Crippen LogP contribution in [0.2, 0.25) is 10.0 Å². The molecule has 156 valence electrons. The summed E-state index contributed by atoms with van der Waals surface area (Å²) in [5.41, 5.74) is 0.683. The number of halogens is 3. The van der Waals surface area contributed by atoms with E-state index in [1.807, 2.05) is 4.90 Å². The molecule has 2 aromatic rings. The Morgan fingerprint density at radius 1 is 1.14 bits per heavy atom. The number of methoxy groups -OCH3 is 1. The maximum absolute atomic E-state index is 13.7. The van der Waals surface area contributed by atoms with Crippen LogP contribution in [0.1, 0.15) is 10.5 Å². The Labute approximate surface area is 177 Å². The van der Waals surface area contributed by atoms with Crippen molar-refractivity contribution in [3.8, 4) is 0 Å². The third-order valence-electron chi connectivity index (χ3n) is 5.54. The van der Waals surface area contributed by atoms with Crippen molar-refractivity contribution in [2.75, 3.05) is 52.9 Å². The first-order valence-electron chi connectivity index (χ1n) is 9.36. The van der Waals surface area contributed by atoms with Gasteiger partial charge in [0, 0.05) is 57.3 Å². The molecule has 1 aromatic heterocycles. The lowest BCUT2D eigenvalue weighted by molar-refractivity contribution is -0.137. The lowest BCUT2D eigenvalue weighted by Crippen LogP contribution is -2.57. The molecule has 0 radical (unpaired) electrons. The molecule has 2 aliphatic rings. The van der Waals surface area contributed by atoms with Crippen LogP contribution in [0.5, 0.6) is 0 Å². The van der Waals surface area contributed by atoms with Crippen LogP contribution in [-0.4, -0.2) is 90.5 Å². The summed E-state index contributed by atoms with van der Waals surface area (Å²) in [6, 6.07) is 2.73. The fraction of sp³-hybridized carbons (Fsp3) is 0.474. The SMILES string of the molecule is COC1CN(CC(=O)N2CCN(C(=O)c3[nH]c4ccc(F)c(Cl)c4c3Cl)CC2)C1. The average molecular weight is 443 g/mol. The van der Waals surface area contributed by atoms with Crippen molar-refractivity contribution in [3.63, 3.8) is 0 Å². The number of likely N-dealkylation sites (tertiary alicyclic amines) is 1. The van der Waals surface area contributed by atoms with Crippen LogP contribution >= 0.6 is 23.2 Å². The summed E-state index contributed by atoms with van der Waals surface area (Å²) < 4.78 is 18.9. The van der Waals surface area contributed by atoms with Gasteiger partial charge in [-0.1, -0.05) is 23.2 Å². The van der Waals surface area contributed by atoms with Crippen molar-refractivity contribution in [1.82, 2.24) is 19.7 Å². The second kappa shape index (κ2) is 8.10. The highest BCUT2D eigenvalue weighted by Gasteiger charge is 2.32. The van der Waals surface area contributed by atoms with Crippen molar-refractivity contribution in [3.05, 3.63) is 33.7 Å². The van der Waals surface area contributed by atoms with E-state index in [4.69, 9.17) is 27.9 Å². The van der Waals surface area contributed by atoms with E-state index in [-0.39, 0.29) is 33.7 Å². The van der Waals surface area contributed by atoms with E-state index in [0.717, 1.165) is 13.1 Å². The van der Waals surface area contributed by atoms with Crippen LogP contribution in [-0.2, 0) is 9.53 Å². The average Bonchev–Trinajstić information content (AvgIpc) is 3.03. The van der Waals surface area contributed by atoms with Gasteiger partial charge in [-0.25, -0.2) is 4.39 Å². The van der Waals surface area contributed by atoms with Gasteiger partial charge in [-0.2, -0.15) is 0 Å². The number of aromatic amines is 1. The number of aromatic nitrogens is 1. The summed E-state index contributed by atoms with van der Waals surface area (Å²) in [4.78, 5) is 33.7. The van der Waals surface area contributed by atoms with Crippen molar-refractivity contribution in [2.45, 2.75) is 6.10 Å². The number of piperazine rings is 1. The molecule has 1 aromatic carbocycles. The number of benzene rings is 1. The Hall–Kier alpha value is -1.87. The maximum atomic E-state index is 13.7. The van der Waals surface area contributed by atoms with E-state index in [2.05, 4.69) is 4.98 Å². The highest BCUT2D eigenvalue weighted by molar-refractivity contribution is 6.44. The number of ether oxygens (including phenoxy) is 1. The minimum absolute atomic E-state index is 0.0533. The van der Waals surface area contributed by atoms with E-state index in [0.29, 0.717) is 43.6 Å². The van der Waals surface area contributed by atoms with Crippen LogP contribution in [0, 0.1) is 5.82 Å². The van der Waals surface area contributed by atoms with Crippen molar-refractivity contribution < 1.29 is 18.7 Å². The monoisotopic (exact) mass is 442 g/mol. The summed E-state index contributed by atoms with van der Waals surface area (Å²) in [5.74, 6) is -0.830. The largest absolute Gasteiger partial charge is 0.379 e. The zero-order valence-corrected chi connectivity index (χ0v) is 17.4. The molecule has 2 saturated heterocycles. The molecule has 10 heteroatoms. The number of amides is 2. The molecule has 1 N–H and O–H groups in total. The molecule has 7 nitrogen and oxygen atoms in total. The first kappa shape index (κ1) is 20.4. The van der Waals surface area contributed by atoms with Gasteiger partial charge in [-0.3, -0.25) is 14.5 Å². The van der Waals surface area contributed by atoms with E-state index < -0.39 is 5.82 Å². The van der Waals surface area contributed by atoms with Crippen LogP contribution in [0.15, 0.2) is 12.1 Å². The quantitative estimate of drug-likeness (QED) is 0.787. The minimum atomic E-state index is -0.592. The zero-order chi connectivity index (χ0) is 20.7. The second-order valence-electron chi connectivity index (χ2n) is 7.32. The lowest BCUT2D eigenvalue weighted by Gasteiger charge is -2.40. The van der Waals surface area contributed by atoms with Gasteiger partial charge in [0.1, 0.15) is 11.5 Å². The second-order valence-corrected chi connectivity index (χ2v) is 8.08. The molecular formula is C19H21Cl2FN4O3. The Morgan fingerprint density at radius 2 is 1.79 bits per heavy atom. The van der Waals surface area contributed by atoms with Crippen molar-refractivity contribution >= 4 is 45.9 Å². The lowest BCUT2D eigenvalue weighted by atomic mass is 10.1. The van der Waals surface area contributed by atoms with Gasteiger partial charge < -0.3 is 19.5 Å². The predicted molar refractivity (Wildman–Crippen MR) is 108 cm³/mol. The minimum Gasteiger partial charge on any atom is -0.379 e. The molecule has 0 atom stereocenters. The number of nitrogens with one attached hydrogen (secondary N) is 1. The van der Waals surface area contributed by atoms with Crippen molar-refractivity contribution in [1.29, 1.82) is 0 Å². The smallest absolute Gasteiger partial charge is 0.271 e. The molecule has 2 amide bonds. The number of hydrogen-bond acceptors (Lipinski definition) is 4. The maximum Gasteiger partial charge on any atom is 0.271 e. The van der Waals surface area contributed by atoms with Crippen LogP contribution < -0.4 is 0 Å². The molecule has 4 rings (SSSR count). The van der Waals surface area contributed by atoms with Gasteiger partial charge >= 0.3 is 0 Å². The fourth-order valence-electron chi connectivity index (χ4n) is 3.74. The summed E-state index contributed by atoms with van der Waals surface area (Å²) in [7, 11) is 1.67. The summed E-state index contributed by atoms with van der Waals surface area (Å²) in [5, 5.41) is 0.299. The van der Waals surface area contributed by atoms with E-state index >= 15 is 0 Å². The number of carbonyl (C=O) groups is 2. The number of hydrogen-bond donors (Lipinski definition) is 1. The van der Waals surface area contributed by atoms with Gasteiger partial charge in [0.2, 0.25) is 5.91 Å². The number of rotatable bonds is 4. The van der Waals surface area contributed by atoms with Gasteiger partial charge in [0.15, 0.2) is 0 Å². The van der Waals surface area contributed by atoms with Crippen LogP contribution in [0.25, 0.3) is 10.9 Å². The molecule has 3 heterocycles. The molecule has 0 unspecified atom stereocenters. The van der Waals surface area contributed by atoms with Crippen LogP contribution in [0.3, 0.4) is 0 Å². The number of carbonyl (C=O) groups excluding carboxylic acids is 2. The van der Waals surface area contributed by atoms with E-state index in [1.54, 1.807) is 16.9 Å². The van der Waals surface area contributed by atoms with Crippen LogP contribution in [0.4, 0.5) is 4.39 Å². The van der Waals surface area contributed by atoms with Gasteiger partial charge in [0.25, 0.3) is 5.91 Å². The standard InChI is InChI=1S/C19H21Cl2FN4O3/c1-29-11-8-24(9-11)10-14(27)25-4-6-26(7-5-25)19(28)18-17(21)15-13(23-18)3-2-12(22)16(15)20/h2-3,11,23H,4-10H2,1H3.